The number of thioether (sulfide) groups is 1. The highest BCUT2D eigenvalue weighted by atomic mass is 32.2. The molecule has 19 heavy (non-hydrogen) atoms. The van der Waals surface area contributed by atoms with Crippen molar-refractivity contribution in [2.24, 2.45) is 0 Å². The Morgan fingerprint density at radius 2 is 2.37 bits per heavy atom. The number of amides is 1. The molecule has 0 saturated carbocycles. The average molecular weight is 304 g/mol. The molecule has 1 rings (SSSR count). The van der Waals surface area contributed by atoms with E-state index in [4.69, 9.17) is 12.2 Å². The molecule has 1 unspecified atom stereocenters. The van der Waals surface area contributed by atoms with Gasteiger partial charge >= 0.3 is 5.97 Å². The number of nitrogens with zero attached hydrogens (tertiary/aromatic N) is 1. The average Bonchev–Trinajstić information content (AvgIpc) is 2.72. The summed E-state index contributed by atoms with van der Waals surface area (Å²) in [5.74, 6) is 0.800. The van der Waals surface area contributed by atoms with Crippen LogP contribution in [0.15, 0.2) is 0 Å². The third-order valence-corrected chi connectivity index (χ3v) is 4.50. The van der Waals surface area contributed by atoms with E-state index in [0.29, 0.717) is 19.4 Å². The Morgan fingerprint density at radius 3 is 2.95 bits per heavy atom. The second-order valence-corrected chi connectivity index (χ2v) is 6.17. The number of hydrogen-bond donors (Lipinski definition) is 1. The zero-order valence-electron chi connectivity index (χ0n) is 11.3. The largest absolute Gasteiger partial charge is 0.469 e. The fraction of sp³-hybridized carbons (Fsp3) is 0.750. The van der Waals surface area contributed by atoms with Gasteiger partial charge in [0.2, 0.25) is 5.91 Å². The summed E-state index contributed by atoms with van der Waals surface area (Å²) in [6.45, 7) is 0.699. The summed E-state index contributed by atoms with van der Waals surface area (Å²) < 4.78 is 5.28. The van der Waals surface area contributed by atoms with Gasteiger partial charge in [0.25, 0.3) is 0 Å². The molecule has 0 bridgehead atoms. The van der Waals surface area contributed by atoms with Gasteiger partial charge in [0.1, 0.15) is 4.32 Å². The molecular formula is C12H20N2O3S2. The molecule has 1 fully saturated rings. The Balaban J connectivity index is 2.08. The van der Waals surface area contributed by atoms with Crippen molar-refractivity contribution in [2.45, 2.75) is 31.7 Å². The van der Waals surface area contributed by atoms with Crippen LogP contribution in [0.5, 0.6) is 0 Å². The lowest BCUT2D eigenvalue weighted by atomic mass is 10.2. The van der Waals surface area contributed by atoms with Crippen LogP contribution in [0, 0.1) is 0 Å². The second-order valence-electron chi connectivity index (χ2n) is 4.39. The lowest BCUT2D eigenvalue weighted by molar-refractivity contribution is -0.140. The standard InChI is InChI=1S/C12H20N2O3S2/c1-14-9(5-6-10(14)15)8-13-12(18)19-7-3-4-11(16)17-2/h9H,3-8H2,1-2H3,(H,13,18). The van der Waals surface area contributed by atoms with Gasteiger partial charge in [-0.25, -0.2) is 0 Å². The van der Waals surface area contributed by atoms with Crippen LogP contribution in [0.2, 0.25) is 0 Å². The summed E-state index contributed by atoms with van der Waals surface area (Å²) in [5.41, 5.74) is 0. The first-order valence-electron chi connectivity index (χ1n) is 6.27. The fourth-order valence-electron chi connectivity index (χ4n) is 1.84. The van der Waals surface area contributed by atoms with Gasteiger partial charge in [-0.2, -0.15) is 0 Å². The Bertz CT molecular complexity index is 350. The molecule has 0 spiro atoms. The van der Waals surface area contributed by atoms with Gasteiger partial charge in [-0.05, 0) is 12.8 Å². The fourth-order valence-corrected chi connectivity index (χ4v) is 2.83. The van der Waals surface area contributed by atoms with E-state index in [0.717, 1.165) is 22.9 Å². The SMILES string of the molecule is COC(=O)CCCSC(=S)NCC1CCC(=O)N1C. The first kappa shape index (κ1) is 16.2. The van der Waals surface area contributed by atoms with Gasteiger partial charge in [-0.15, -0.1) is 0 Å². The van der Waals surface area contributed by atoms with Gasteiger partial charge in [0.15, 0.2) is 0 Å². The lowest BCUT2D eigenvalue weighted by Gasteiger charge is -2.20. The van der Waals surface area contributed by atoms with Crippen LogP contribution in [-0.4, -0.2) is 53.6 Å². The normalized spacial score (nSPS) is 18.5. The molecule has 1 aliphatic rings. The molecular weight excluding hydrogens is 284 g/mol. The van der Waals surface area contributed by atoms with E-state index >= 15 is 0 Å². The number of methoxy groups -OCH3 is 1. The number of likely N-dealkylation sites (tertiary alicyclic amines) is 1. The summed E-state index contributed by atoms with van der Waals surface area (Å²) in [7, 11) is 3.22. The number of hydrogen-bond acceptors (Lipinski definition) is 5. The number of nitrogens with one attached hydrogen (secondary N) is 1. The summed E-state index contributed by atoms with van der Waals surface area (Å²) >= 11 is 6.72. The molecule has 0 aromatic rings. The number of carbonyl (C=O) groups is 2. The van der Waals surface area contributed by atoms with Crippen LogP contribution in [0.1, 0.15) is 25.7 Å². The maximum atomic E-state index is 11.3. The van der Waals surface area contributed by atoms with Crippen LogP contribution in [0.3, 0.4) is 0 Å². The molecule has 7 heteroatoms. The molecule has 1 heterocycles. The molecule has 0 radical (unpaired) electrons. The van der Waals surface area contributed by atoms with E-state index in [1.54, 1.807) is 4.90 Å². The van der Waals surface area contributed by atoms with Crippen molar-refractivity contribution in [2.75, 3.05) is 26.5 Å². The maximum Gasteiger partial charge on any atom is 0.305 e. The van der Waals surface area contributed by atoms with Gasteiger partial charge in [-0.1, -0.05) is 24.0 Å². The Labute approximate surface area is 123 Å². The van der Waals surface area contributed by atoms with E-state index < -0.39 is 0 Å². The van der Waals surface area contributed by atoms with Crippen LogP contribution >= 0.6 is 24.0 Å². The predicted octanol–water partition coefficient (Wildman–Crippen LogP) is 1.17. The van der Waals surface area contributed by atoms with Crippen molar-refractivity contribution >= 4 is 40.2 Å². The minimum atomic E-state index is -0.189. The summed E-state index contributed by atoms with van der Waals surface area (Å²) in [6.07, 6.45) is 2.69. The predicted molar refractivity (Wildman–Crippen MR) is 80.1 cm³/mol. The van der Waals surface area contributed by atoms with Crippen LogP contribution in [0.25, 0.3) is 0 Å². The number of ether oxygens (including phenoxy) is 1. The zero-order valence-corrected chi connectivity index (χ0v) is 12.9. The molecule has 1 N–H and O–H groups in total. The molecule has 1 atom stereocenters. The molecule has 1 saturated heterocycles. The van der Waals surface area contributed by atoms with Gasteiger partial charge in [0, 0.05) is 38.2 Å². The summed E-state index contributed by atoms with van der Waals surface area (Å²) in [6, 6.07) is 0.237. The number of thiocarbonyl (C=S) groups is 1. The molecule has 0 aliphatic carbocycles. The van der Waals surface area contributed by atoms with Gasteiger partial charge < -0.3 is 15.0 Å². The van der Waals surface area contributed by atoms with Crippen LogP contribution in [0.4, 0.5) is 0 Å². The minimum absolute atomic E-state index is 0.189. The Kier molecular flexibility index (Phi) is 7.15. The summed E-state index contributed by atoms with van der Waals surface area (Å²) in [4.78, 5) is 24.0. The number of esters is 1. The third-order valence-electron chi connectivity index (χ3n) is 3.10. The molecule has 108 valence electrons. The van der Waals surface area contributed by atoms with Crippen LogP contribution in [-0.2, 0) is 14.3 Å². The molecule has 1 aliphatic heterocycles. The lowest BCUT2D eigenvalue weighted by Crippen LogP contribution is -2.38. The van der Waals surface area contributed by atoms with Crippen molar-refractivity contribution in [1.82, 2.24) is 10.2 Å². The highest BCUT2D eigenvalue weighted by molar-refractivity contribution is 8.22. The second kappa shape index (κ2) is 8.37. The zero-order chi connectivity index (χ0) is 14.3. The first-order valence-corrected chi connectivity index (χ1v) is 7.67. The Morgan fingerprint density at radius 1 is 1.63 bits per heavy atom. The third kappa shape index (κ3) is 5.78. The first-order chi connectivity index (χ1) is 9.04. The molecule has 0 aromatic heterocycles. The number of likely N-dealkylation sites (N-methyl/N-ethyl adjacent to an activating group) is 1. The van der Waals surface area contributed by atoms with Crippen molar-refractivity contribution in [3.63, 3.8) is 0 Å². The Hall–Kier alpha value is -0.820. The van der Waals surface area contributed by atoms with Gasteiger partial charge in [0.05, 0.1) is 7.11 Å². The number of carbonyl (C=O) groups excluding carboxylic acids is 2. The van der Waals surface area contributed by atoms with Crippen molar-refractivity contribution < 1.29 is 14.3 Å². The smallest absolute Gasteiger partial charge is 0.305 e. The molecule has 0 aromatic carbocycles. The van der Waals surface area contributed by atoms with E-state index in [9.17, 15) is 9.59 Å². The van der Waals surface area contributed by atoms with Crippen molar-refractivity contribution in [3.05, 3.63) is 0 Å². The van der Waals surface area contributed by atoms with Crippen molar-refractivity contribution in [1.29, 1.82) is 0 Å². The van der Waals surface area contributed by atoms with Crippen molar-refractivity contribution in [3.8, 4) is 0 Å². The topological polar surface area (TPSA) is 58.6 Å². The quantitative estimate of drug-likeness (QED) is 0.451. The van der Waals surface area contributed by atoms with Gasteiger partial charge in [-0.3, -0.25) is 9.59 Å². The minimum Gasteiger partial charge on any atom is -0.469 e. The number of rotatable bonds is 6. The van der Waals surface area contributed by atoms with E-state index in [1.165, 1.54) is 18.9 Å². The van der Waals surface area contributed by atoms with E-state index in [1.807, 2.05) is 7.05 Å². The highest BCUT2D eigenvalue weighted by Crippen LogP contribution is 2.16. The van der Waals surface area contributed by atoms with E-state index in [2.05, 4.69) is 10.1 Å². The summed E-state index contributed by atoms with van der Waals surface area (Å²) in [5, 5.41) is 3.16. The van der Waals surface area contributed by atoms with Crippen LogP contribution < -0.4 is 5.32 Å². The molecule has 5 nitrogen and oxygen atoms in total. The highest BCUT2D eigenvalue weighted by Gasteiger charge is 2.27. The molecule has 1 amide bonds. The maximum absolute atomic E-state index is 11.3. The monoisotopic (exact) mass is 304 g/mol. The van der Waals surface area contributed by atoms with E-state index in [-0.39, 0.29) is 17.9 Å².